The first-order valence-electron chi connectivity index (χ1n) is 5.08. The lowest BCUT2D eigenvalue weighted by atomic mass is 9.81. The molecule has 0 saturated carbocycles. The maximum absolute atomic E-state index is 9.08. The molecule has 1 atom stereocenters. The van der Waals surface area contributed by atoms with E-state index >= 15 is 0 Å². The van der Waals surface area contributed by atoms with Gasteiger partial charge in [-0.05, 0) is 40.2 Å². The molecule has 0 amide bonds. The van der Waals surface area contributed by atoms with Gasteiger partial charge in [0, 0.05) is 6.54 Å². The van der Waals surface area contributed by atoms with Crippen LogP contribution in [-0.2, 0) is 0 Å². The first kappa shape index (κ1) is 11.1. The van der Waals surface area contributed by atoms with E-state index < -0.39 is 0 Å². The Morgan fingerprint density at radius 3 is 2.64 bits per heavy atom. The van der Waals surface area contributed by atoms with E-state index in [0.29, 0.717) is 0 Å². The topological polar surface area (TPSA) is 27.0 Å². The van der Waals surface area contributed by atoms with Crippen LogP contribution in [0.3, 0.4) is 0 Å². The first-order valence-corrected chi connectivity index (χ1v) is 5.08. The summed E-state index contributed by atoms with van der Waals surface area (Å²) >= 11 is 0. The third-order valence-corrected chi connectivity index (χ3v) is 3.11. The Balaban J connectivity index is 2.77. The van der Waals surface area contributed by atoms with Crippen molar-refractivity contribution >= 4 is 0 Å². The Morgan fingerprint density at radius 2 is 2.14 bits per heavy atom. The molecule has 1 aliphatic heterocycles. The molecule has 0 bridgehead atoms. The van der Waals surface area contributed by atoms with E-state index in [1.807, 2.05) is 20.8 Å². The van der Waals surface area contributed by atoms with Crippen LogP contribution in [0.4, 0.5) is 0 Å². The highest BCUT2D eigenvalue weighted by Gasteiger charge is 2.36. The molecule has 1 unspecified atom stereocenters. The number of nitrogens with zero attached hydrogens (tertiary/aromatic N) is 2. The summed E-state index contributed by atoms with van der Waals surface area (Å²) in [6, 6.07) is 2.40. The fraction of sp³-hybridized carbons (Fsp3) is 0.750. The molecule has 0 aromatic heterocycles. The quantitative estimate of drug-likeness (QED) is 0.591. The van der Waals surface area contributed by atoms with Crippen LogP contribution in [0.2, 0.25) is 0 Å². The van der Waals surface area contributed by atoms with E-state index in [0.717, 1.165) is 25.9 Å². The molecule has 1 fully saturated rings. The lowest BCUT2D eigenvalue weighted by Crippen LogP contribution is -2.51. The molecule has 1 aliphatic rings. The Hall–Kier alpha value is -0.990. The predicted octanol–water partition coefficient (Wildman–Crippen LogP) is 2.02. The first-order chi connectivity index (χ1) is 6.43. The SMILES string of the molecule is C#CC(C)(C)N1CCCC(C)(C#N)C1. The van der Waals surface area contributed by atoms with Gasteiger partial charge in [0.25, 0.3) is 0 Å². The normalized spacial score (nSPS) is 29.2. The zero-order valence-electron chi connectivity index (χ0n) is 9.30. The van der Waals surface area contributed by atoms with E-state index in [1.54, 1.807) is 0 Å². The van der Waals surface area contributed by atoms with Crippen LogP contribution in [0.5, 0.6) is 0 Å². The Labute approximate surface area is 86.9 Å². The van der Waals surface area contributed by atoms with E-state index in [-0.39, 0.29) is 11.0 Å². The maximum atomic E-state index is 9.08. The highest BCUT2D eigenvalue weighted by atomic mass is 15.2. The average Bonchev–Trinajstić information content (AvgIpc) is 2.18. The number of likely N-dealkylation sites (tertiary alicyclic amines) is 1. The molecule has 0 spiro atoms. The van der Waals surface area contributed by atoms with Crippen LogP contribution >= 0.6 is 0 Å². The molecule has 0 N–H and O–H groups in total. The molecule has 0 aliphatic carbocycles. The van der Waals surface area contributed by atoms with Crippen LogP contribution in [0.1, 0.15) is 33.6 Å². The molecule has 2 heteroatoms. The van der Waals surface area contributed by atoms with Crippen LogP contribution < -0.4 is 0 Å². The van der Waals surface area contributed by atoms with Gasteiger partial charge in [0.05, 0.1) is 17.0 Å². The van der Waals surface area contributed by atoms with Gasteiger partial charge < -0.3 is 0 Å². The zero-order chi connectivity index (χ0) is 10.8. The molecule has 0 aromatic rings. The Kier molecular flexibility index (Phi) is 2.88. The zero-order valence-corrected chi connectivity index (χ0v) is 9.30. The third kappa shape index (κ3) is 2.08. The lowest BCUT2D eigenvalue weighted by Gasteiger charge is -2.42. The largest absolute Gasteiger partial charge is 0.286 e. The molecule has 2 nitrogen and oxygen atoms in total. The maximum Gasteiger partial charge on any atom is 0.0766 e. The molecule has 76 valence electrons. The Morgan fingerprint density at radius 1 is 1.50 bits per heavy atom. The molecular formula is C12H18N2. The van der Waals surface area contributed by atoms with Crippen LogP contribution in [0, 0.1) is 29.1 Å². The van der Waals surface area contributed by atoms with Crippen molar-refractivity contribution in [1.82, 2.24) is 4.90 Å². The minimum absolute atomic E-state index is 0.216. The van der Waals surface area contributed by atoms with Crippen LogP contribution in [0.25, 0.3) is 0 Å². The summed E-state index contributed by atoms with van der Waals surface area (Å²) in [6.07, 6.45) is 7.54. The molecule has 14 heavy (non-hydrogen) atoms. The molecular weight excluding hydrogens is 172 g/mol. The van der Waals surface area contributed by atoms with Crippen molar-refractivity contribution in [2.75, 3.05) is 13.1 Å². The van der Waals surface area contributed by atoms with Crippen molar-refractivity contribution in [3.8, 4) is 18.4 Å². The summed E-state index contributed by atoms with van der Waals surface area (Å²) < 4.78 is 0. The minimum atomic E-state index is -0.224. The van der Waals surface area contributed by atoms with Crippen molar-refractivity contribution < 1.29 is 0 Å². The van der Waals surface area contributed by atoms with Gasteiger partial charge in [-0.25, -0.2) is 0 Å². The number of rotatable bonds is 1. The molecule has 1 heterocycles. The van der Waals surface area contributed by atoms with E-state index in [2.05, 4.69) is 16.9 Å². The van der Waals surface area contributed by atoms with E-state index in [1.165, 1.54) is 0 Å². The number of hydrogen-bond donors (Lipinski definition) is 0. The molecule has 1 rings (SSSR count). The monoisotopic (exact) mass is 190 g/mol. The number of hydrogen-bond acceptors (Lipinski definition) is 2. The van der Waals surface area contributed by atoms with Crippen molar-refractivity contribution in [3.05, 3.63) is 0 Å². The predicted molar refractivity (Wildman–Crippen MR) is 57.4 cm³/mol. The second-order valence-corrected chi connectivity index (χ2v) is 4.90. The van der Waals surface area contributed by atoms with Crippen molar-refractivity contribution in [2.45, 2.75) is 39.2 Å². The summed E-state index contributed by atoms with van der Waals surface area (Å²) in [5.41, 5.74) is -0.440. The average molecular weight is 190 g/mol. The highest BCUT2D eigenvalue weighted by Crippen LogP contribution is 2.31. The highest BCUT2D eigenvalue weighted by molar-refractivity contribution is 5.12. The standard InChI is InChI=1S/C12H18N2/c1-5-11(2,3)14-8-6-7-12(4,9-13)10-14/h1H,6-8,10H2,2-4H3. The van der Waals surface area contributed by atoms with Gasteiger partial charge in [-0.15, -0.1) is 6.42 Å². The Bertz CT molecular complexity index is 278. The number of piperidine rings is 1. The van der Waals surface area contributed by atoms with Gasteiger partial charge in [-0.1, -0.05) is 5.92 Å². The molecule has 1 saturated heterocycles. The lowest BCUT2D eigenvalue weighted by molar-refractivity contribution is 0.0808. The van der Waals surface area contributed by atoms with Crippen molar-refractivity contribution in [2.24, 2.45) is 5.41 Å². The van der Waals surface area contributed by atoms with Gasteiger partial charge >= 0.3 is 0 Å². The van der Waals surface area contributed by atoms with Crippen LogP contribution in [0.15, 0.2) is 0 Å². The van der Waals surface area contributed by atoms with Crippen molar-refractivity contribution in [1.29, 1.82) is 5.26 Å². The fourth-order valence-corrected chi connectivity index (χ4v) is 1.90. The van der Waals surface area contributed by atoms with Gasteiger partial charge in [-0.2, -0.15) is 5.26 Å². The van der Waals surface area contributed by atoms with Gasteiger partial charge in [0.2, 0.25) is 0 Å². The number of nitriles is 1. The third-order valence-electron chi connectivity index (χ3n) is 3.11. The van der Waals surface area contributed by atoms with Gasteiger partial charge in [-0.3, -0.25) is 4.90 Å². The summed E-state index contributed by atoms with van der Waals surface area (Å²) in [7, 11) is 0. The van der Waals surface area contributed by atoms with Crippen LogP contribution in [-0.4, -0.2) is 23.5 Å². The fourth-order valence-electron chi connectivity index (χ4n) is 1.90. The minimum Gasteiger partial charge on any atom is -0.286 e. The summed E-state index contributed by atoms with van der Waals surface area (Å²) in [4.78, 5) is 2.24. The second-order valence-electron chi connectivity index (χ2n) is 4.90. The van der Waals surface area contributed by atoms with Gasteiger partial charge in [0.1, 0.15) is 0 Å². The number of terminal acetylenes is 1. The van der Waals surface area contributed by atoms with Crippen molar-refractivity contribution in [3.63, 3.8) is 0 Å². The smallest absolute Gasteiger partial charge is 0.0766 e. The van der Waals surface area contributed by atoms with E-state index in [4.69, 9.17) is 11.7 Å². The summed E-state index contributed by atoms with van der Waals surface area (Å²) in [6.45, 7) is 7.90. The molecule has 0 radical (unpaired) electrons. The van der Waals surface area contributed by atoms with E-state index in [9.17, 15) is 0 Å². The molecule has 0 aromatic carbocycles. The second kappa shape index (κ2) is 3.64. The summed E-state index contributed by atoms with van der Waals surface area (Å²) in [5.74, 6) is 2.79. The van der Waals surface area contributed by atoms with Gasteiger partial charge in [0.15, 0.2) is 0 Å². The summed E-state index contributed by atoms with van der Waals surface area (Å²) in [5, 5.41) is 9.08.